The van der Waals surface area contributed by atoms with E-state index in [1.165, 1.54) is 25.5 Å². The summed E-state index contributed by atoms with van der Waals surface area (Å²) in [6.45, 7) is 4.55. The van der Waals surface area contributed by atoms with Crippen molar-refractivity contribution in [2.24, 2.45) is 7.05 Å². The Labute approximate surface area is 153 Å². The predicted octanol–water partition coefficient (Wildman–Crippen LogP) is 1.81. The standard InChI is InChI=1S/C18H26N6O2/c1-22-16(13-23-8-3-2-4-9-23)19-20-17(22)14-6-5-10-24(12-14)18(25)15-7-11-26-21-15/h7,11,14H,2-6,8-10,12-13H2,1H3. The van der Waals surface area contributed by atoms with E-state index in [0.29, 0.717) is 12.2 Å². The molecule has 4 rings (SSSR count). The van der Waals surface area contributed by atoms with Crippen molar-refractivity contribution >= 4 is 5.91 Å². The SMILES string of the molecule is Cn1c(CN2CCCCC2)nnc1C1CCCN(C(=O)c2ccon2)C1. The lowest BCUT2D eigenvalue weighted by Gasteiger charge is -2.31. The summed E-state index contributed by atoms with van der Waals surface area (Å²) in [5.41, 5.74) is 0.370. The molecule has 0 spiro atoms. The highest BCUT2D eigenvalue weighted by molar-refractivity contribution is 5.92. The van der Waals surface area contributed by atoms with E-state index in [1.54, 1.807) is 6.07 Å². The maximum atomic E-state index is 12.5. The molecule has 0 saturated carbocycles. The zero-order valence-electron chi connectivity index (χ0n) is 15.3. The van der Waals surface area contributed by atoms with Crippen LogP contribution in [0.3, 0.4) is 0 Å². The topological polar surface area (TPSA) is 80.3 Å². The van der Waals surface area contributed by atoms with Crippen LogP contribution in [0.5, 0.6) is 0 Å². The van der Waals surface area contributed by atoms with E-state index >= 15 is 0 Å². The molecule has 0 radical (unpaired) electrons. The summed E-state index contributed by atoms with van der Waals surface area (Å²) < 4.78 is 6.93. The molecule has 0 N–H and O–H groups in total. The Morgan fingerprint density at radius 3 is 2.81 bits per heavy atom. The molecule has 0 aromatic carbocycles. The molecule has 140 valence electrons. The van der Waals surface area contributed by atoms with Gasteiger partial charge in [0.25, 0.3) is 5.91 Å². The van der Waals surface area contributed by atoms with Crippen molar-refractivity contribution in [2.75, 3.05) is 26.2 Å². The summed E-state index contributed by atoms with van der Waals surface area (Å²) in [6, 6.07) is 1.62. The second-order valence-electron chi connectivity index (χ2n) is 7.35. The first-order chi connectivity index (χ1) is 12.7. The van der Waals surface area contributed by atoms with Gasteiger partial charge in [0.05, 0.1) is 6.54 Å². The van der Waals surface area contributed by atoms with E-state index in [0.717, 1.165) is 50.7 Å². The van der Waals surface area contributed by atoms with Gasteiger partial charge in [0.1, 0.15) is 17.9 Å². The Kier molecular flexibility index (Phi) is 5.01. The fourth-order valence-electron chi connectivity index (χ4n) is 4.04. The normalized spacial score (nSPS) is 21.9. The zero-order valence-corrected chi connectivity index (χ0v) is 15.3. The van der Waals surface area contributed by atoms with Gasteiger partial charge in [-0.05, 0) is 38.8 Å². The quantitative estimate of drug-likeness (QED) is 0.829. The highest BCUT2D eigenvalue weighted by Crippen LogP contribution is 2.27. The van der Waals surface area contributed by atoms with Crippen LogP contribution in [0, 0.1) is 0 Å². The van der Waals surface area contributed by atoms with Gasteiger partial charge in [-0.1, -0.05) is 11.6 Å². The Morgan fingerprint density at radius 1 is 1.19 bits per heavy atom. The monoisotopic (exact) mass is 358 g/mol. The molecule has 0 bridgehead atoms. The number of hydrogen-bond donors (Lipinski definition) is 0. The van der Waals surface area contributed by atoms with Gasteiger partial charge in [-0.25, -0.2) is 0 Å². The van der Waals surface area contributed by atoms with E-state index in [9.17, 15) is 4.79 Å². The second-order valence-corrected chi connectivity index (χ2v) is 7.35. The molecule has 2 aliphatic rings. The third-order valence-electron chi connectivity index (χ3n) is 5.54. The number of likely N-dealkylation sites (tertiary alicyclic amines) is 2. The first-order valence-electron chi connectivity index (χ1n) is 9.52. The number of hydrogen-bond acceptors (Lipinski definition) is 6. The molecule has 2 fully saturated rings. The molecule has 0 aliphatic carbocycles. The minimum Gasteiger partial charge on any atom is -0.364 e. The van der Waals surface area contributed by atoms with Crippen LogP contribution in [0.2, 0.25) is 0 Å². The molecule has 26 heavy (non-hydrogen) atoms. The van der Waals surface area contributed by atoms with Crippen molar-refractivity contribution in [3.63, 3.8) is 0 Å². The molecule has 2 aromatic rings. The molecule has 8 nitrogen and oxygen atoms in total. The Balaban J connectivity index is 1.44. The van der Waals surface area contributed by atoms with E-state index in [-0.39, 0.29) is 11.8 Å². The number of aromatic nitrogens is 4. The van der Waals surface area contributed by atoms with Crippen molar-refractivity contribution in [3.8, 4) is 0 Å². The summed E-state index contributed by atoms with van der Waals surface area (Å²) in [7, 11) is 2.05. The number of rotatable bonds is 4. The lowest BCUT2D eigenvalue weighted by molar-refractivity contribution is 0.0693. The van der Waals surface area contributed by atoms with Crippen molar-refractivity contribution in [3.05, 3.63) is 29.7 Å². The van der Waals surface area contributed by atoms with E-state index < -0.39 is 0 Å². The van der Waals surface area contributed by atoms with Crippen molar-refractivity contribution in [1.29, 1.82) is 0 Å². The molecule has 2 saturated heterocycles. The third-order valence-corrected chi connectivity index (χ3v) is 5.54. The van der Waals surface area contributed by atoms with Crippen molar-refractivity contribution < 1.29 is 9.32 Å². The number of piperidine rings is 2. The molecule has 1 atom stereocenters. The van der Waals surface area contributed by atoms with Gasteiger partial charge in [0, 0.05) is 32.1 Å². The summed E-state index contributed by atoms with van der Waals surface area (Å²) in [5.74, 6) is 2.14. The molecule has 2 aromatic heterocycles. The summed E-state index contributed by atoms with van der Waals surface area (Å²) in [5, 5.41) is 12.7. The number of nitrogens with zero attached hydrogens (tertiary/aromatic N) is 6. The van der Waals surface area contributed by atoms with Crippen LogP contribution in [0.1, 0.15) is 60.2 Å². The Bertz CT molecular complexity index is 735. The van der Waals surface area contributed by atoms with Gasteiger partial charge in [0.15, 0.2) is 5.69 Å². The summed E-state index contributed by atoms with van der Waals surface area (Å²) >= 11 is 0. The number of carbonyl (C=O) groups excluding carboxylic acids is 1. The van der Waals surface area contributed by atoms with E-state index in [4.69, 9.17) is 4.52 Å². The number of carbonyl (C=O) groups is 1. The van der Waals surface area contributed by atoms with Gasteiger partial charge in [-0.15, -0.1) is 10.2 Å². The first kappa shape index (κ1) is 17.2. The van der Waals surface area contributed by atoms with Gasteiger partial charge in [0.2, 0.25) is 0 Å². The molecule has 2 aliphatic heterocycles. The van der Waals surface area contributed by atoms with Crippen molar-refractivity contribution in [1.82, 2.24) is 29.7 Å². The first-order valence-corrected chi connectivity index (χ1v) is 9.52. The van der Waals surface area contributed by atoms with Crippen LogP contribution in [0.15, 0.2) is 16.9 Å². The third kappa shape index (κ3) is 3.51. The van der Waals surface area contributed by atoms with Gasteiger partial charge in [-0.2, -0.15) is 0 Å². The summed E-state index contributed by atoms with van der Waals surface area (Å²) in [4.78, 5) is 16.9. The van der Waals surface area contributed by atoms with Crippen LogP contribution in [-0.2, 0) is 13.6 Å². The molecular formula is C18H26N6O2. The lowest BCUT2D eigenvalue weighted by atomic mass is 9.97. The highest BCUT2D eigenvalue weighted by Gasteiger charge is 2.30. The Hall–Kier alpha value is -2.22. The van der Waals surface area contributed by atoms with E-state index in [2.05, 4.69) is 24.8 Å². The maximum Gasteiger partial charge on any atom is 0.276 e. The largest absolute Gasteiger partial charge is 0.364 e. The second kappa shape index (κ2) is 7.57. The van der Waals surface area contributed by atoms with Gasteiger partial charge in [-0.3, -0.25) is 9.69 Å². The minimum atomic E-state index is -0.0702. The zero-order chi connectivity index (χ0) is 17.9. The van der Waals surface area contributed by atoms with Gasteiger partial charge >= 0.3 is 0 Å². The minimum absolute atomic E-state index is 0.0702. The van der Waals surface area contributed by atoms with Crippen LogP contribution in [0.25, 0.3) is 0 Å². The van der Waals surface area contributed by atoms with Crippen molar-refractivity contribution in [2.45, 2.75) is 44.6 Å². The van der Waals surface area contributed by atoms with Crippen LogP contribution >= 0.6 is 0 Å². The van der Waals surface area contributed by atoms with Crippen LogP contribution in [-0.4, -0.2) is 61.8 Å². The molecule has 1 unspecified atom stereocenters. The molecule has 4 heterocycles. The van der Waals surface area contributed by atoms with Gasteiger partial charge < -0.3 is 14.0 Å². The van der Waals surface area contributed by atoms with E-state index in [1.807, 2.05) is 11.9 Å². The lowest BCUT2D eigenvalue weighted by Crippen LogP contribution is -2.40. The smallest absolute Gasteiger partial charge is 0.276 e. The molecular weight excluding hydrogens is 332 g/mol. The average molecular weight is 358 g/mol. The predicted molar refractivity (Wildman–Crippen MR) is 94.5 cm³/mol. The number of amides is 1. The Morgan fingerprint density at radius 2 is 2.04 bits per heavy atom. The maximum absolute atomic E-state index is 12.5. The van der Waals surface area contributed by atoms with Crippen LogP contribution < -0.4 is 0 Å². The van der Waals surface area contributed by atoms with Crippen LogP contribution in [0.4, 0.5) is 0 Å². The molecule has 8 heteroatoms. The average Bonchev–Trinajstić information content (AvgIpc) is 3.33. The fourth-order valence-corrected chi connectivity index (χ4v) is 4.04. The molecule has 1 amide bonds. The fraction of sp³-hybridized carbons (Fsp3) is 0.667. The summed E-state index contributed by atoms with van der Waals surface area (Å²) in [6.07, 6.45) is 7.29. The highest BCUT2D eigenvalue weighted by atomic mass is 16.5.